The van der Waals surface area contributed by atoms with E-state index in [1.807, 2.05) is 24.4 Å². The van der Waals surface area contributed by atoms with Gasteiger partial charge < -0.3 is 15.1 Å². The number of likely N-dealkylation sites (N-methyl/N-ethyl adjacent to an activating group) is 1. The van der Waals surface area contributed by atoms with Crippen molar-refractivity contribution in [3.8, 4) is 18.2 Å². The second-order valence-electron chi connectivity index (χ2n) is 7.54. The van der Waals surface area contributed by atoms with Crippen molar-refractivity contribution in [3.05, 3.63) is 60.8 Å². The monoisotopic (exact) mass is 410 g/mol. The van der Waals surface area contributed by atoms with Gasteiger partial charge in [-0.15, -0.1) is 6.42 Å². The van der Waals surface area contributed by atoms with E-state index in [-0.39, 0.29) is 0 Å². The molecule has 0 spiro atoms. The van der Waals surface area contributed by atoms with E-state index in [0.717, 1.165) is 37.3 Å². The fraction of sp³-hybridized carbons (Fsp3) is 0.217. The van der Waals surface area contributed by atoms with Crippen LogP contribution in [0.1, 0.15) is 5.56 Å². The first-order valence-corrected chi connectivity index (χ1v) is 10.1. The van der Waals surface area contributed by atoms with Crippen LogP contribution in [0.4, 0.5) is 17.3 Å². The van der Waals surface area contributed by atoms with Gasteiger partial charge in [0.05, 0.1) is 5.39 Å². The molecule has 1 saturated heterocycles. The molecule has 4 heterocycles. The summed E-state index contributed by atoms with van der Waals surface area (Å²) >= 11 is 0. The molecule has 1 aliphatic rings. The fourth-order valence-electron chi connectivity index (χ4n) is 3.65. The molecule has 8 nitrogen and oxygen atoms in total. The van der Waals surface area contributed by atoms with Gasteiger partial charge in [0.1, 0.15) is 12.1 Å². The number of benzene rings is 1. The first-order chi connectivity index (χ1) is 15.2. The third kappa shape index (κ3) is 3.91. The van der Waals surface area contributed by atoms with Crippen molar-refractivity contribution in [2.45, 2.75) is 0 Å². The number of anilines is 3. The Morgan fingerprint density at radius 2 is 1.87 bits per heavy atom. The summed E-state index contributed by atoms with van der Waals surface area (Å²) in [5.41, 5.74) is 3.37. The molecule has 3 aromatic heterocycles. The summed E-state index contributed by atoms with van der Waals surface area (Å²) in [7, 11) is 2.16. The number of nitrogens with zero attached hydrogens (tertiary/aromatic N) is 7. The molecule has 0 saturated carbocycles. The van der Waals surface area contributed by atoms with Crippen LogP contribution in [0.5, 0.6) is 0 Å². The Morgan fingerprint density at radius 1 is 1.06 bits per heavy atom. The Morgan fingerprint density at radius 3 is 2.58 bits per heavy atom. The van der Waals surface area contributed by atoms with Gasteiger partial charge in [0.15, 0.2) is 5.65 Å². The number of hydrogen-bond acceptors (Lipinski definition) is 7. The number of rotatable bonds is 4. The maximum absolute atomic E-state index is 5.70. The average Bonchev–Trinajstić information content (AvgIpc) is 3.34. The Bertz CT molecular complexity index is 1230. The van der Waals surface area contributed by atoms with Crippen molar-refractivity contribution < 1.29 is 0 Å². The smallest absolute Gasteiger partial charge is 0.229 e. The number of fused-ring (bicyclic) bond motifs is 1. The molecule has 0 amide bonds. The lowest BCUT2D eigenvalue weighted by molar-refractivity contribution is 0.313. The van der Waals surface area contributed by atoms with Crippen molar-refractivity contribution in [2.75, 3.05) is 43.4 Å². The standard InChI is InChI=1S/C23H22N8/c1-3-17-14-21(31-9-8-24-16-31)27-22-20(17)15-25-23(28-22)26-18-4-6-19(7-5-18)30-12-10-29(2)11-13-30/h1,4-9,14-16H,10-13H2,2H3,(H,25,26,27,28). The molecule has 154 valence electrons. The topological polar surface area (TPSA) is 75.0 Å². The van der Waals surface area contributed by atoms with Crippen molar-refractivity contribution in [2.24, 2.45) is 0 Å². The largest absolute Gasteiger partial charge is 0.369 e. The quantitative estimate of drug-likeness (QED) is 0.519. The number of nitrogens with one attached hydrogen (secondary N) is 1. The van der Waals surface area contributed by atoms with Crippen molar-refractivity contribution >= 4 is 28.4 Å². The Hall–Kier alpha value is -3.96. The van der Waals surface area contributed by atoms with Crippen molar-refractivity contribution in [1.29, 1.82) is 0 Å². The van der Waals surface area contributed by atoms with E-state index in [9.17, 15) is 0 Å². The van der Waals surface area contributed by atoms with Crippen molar-refractivity contribution in [3.63, 3.8) is 0 Å². The maximum Gasteiger partial charge on any atom is 0.229 e. The first-order valence-electron chi connectivity index (χ1n) is 10.1. The van der Waals surface area contributed by atoms with Crippen LogP contribution < -0.4 is 10.2 Å². The molecule has 1 aromatic carbocycles. The van der Waals surface area contributed by atoms with Gasteiger partial charge in [0, 0.05) is 61.7 Å². The highest BCUT2D eigenvalue weighted by atomic mass is 15.2. The number of hydrogen-bond donors (Lipinski definition) is 1. The molecule has 4 aromatic rings. The Balaban J connectivity index is 1.40. The minimum atomic E-state index is 0.470. The average molecular weight is 410 g/mol. The fourth-order valence-corrected chi connectivity index (χ4v) is 3.65. The minimum Gasteiger partial charge on any atom is -0.369 e. The highest BCUT2D eigenvalue weighted by Crippen LogP contribution is 2.23. The normalized spacial score (nSPS) is 14.5. The van der Waals surface area contributed by atoms with Crippen LogP contribution >= 0.6 is 0 Å². The molecule has 0 bridgehead atoms. The van der Waals surface area contributed by atoms with E-state index in [1.165, 1.54) is 5.69 Å². The number of aromatic nitrogens is 5. The van der Waals surface area contributed by atoms with Gasteiger partial charge in [0.25, 0.3) is 0 Å². The molecule has 0 radical (unpaired) electrons. The summed E-state index contributed by atoms with van der Waals surface area (Å²) < 4.78 is 1.80. The molecular weight excluding hydrogens is 388 g/mol. The highest BCUT2D eigenvalue weighted by Gasteiger charge is 2.14. The van der Waals surface area contributed by atoms with Crippen LogP contribution in [-0.2, 0) is 0 Å². The van der Waals surface area contributed by atoms with Gasteiger partial charge in [-0.2, -0.15) is 4.98 Å². The number of imidazole rings is 1. The van der Waals surface area contributed by atoms with Crippen molar-refractivity contribution in [1.82, 2.24) is 29.4 Å². The molecular formula is C23H22N8. The summed E-state index contributed by atoms with van der Waals surface area (Å²) in [6, 6.07) is 10.2. The number of piperazine rings is 1. The number of pyridine rings is 1. The Labute approximate surface area is 180 Å². The summed E-state index contributed by atoms with van der Waals surface area (Å²) in [5, 5.41) is 4.00. The third-order valence-corrected chi connectivity index (χ3v) is 5.47. The predicted octanol–water partition coefficient (Wildman–Crippen LogP) is 2.69. The second kappa shape index (κ2) is 8.05. The van der Waals surface area contributed by atoms with E-state index >= 15 is 0 Å². The van der Waals surface area contributed by atoms with Gasteiger partial charge in [0.2, 0.25) is 5.95 Å². The van der Waals surface area contributed by atoms with Gasteiger partial charge in [-0.1, -0.05) is 5.92 Å². The molecule has 0 unspecified atom stereocenters. The molecule has 1 aliphatic heterocycles. The molecule has 31 heavy (non-hydrogen) atoms. The van der Waals surface area contributed by atoms with Crippen LogP contribution in [0.15, 0.2) is 55.2 Å². The van der Waals surface area contributed by atoms with E-state index < -0.39 is 0 Å². The molecule has 1 N–H and O–H groups in total. The Kier molecular flexibility index (Phi) is 4.94. The summed E-state index contributed by atoms with van der Waals surface area (Å²) in [4.78, 5) is 22.5. The molecule has 8 heteroatoms. The lowest BCUT2D eigenvalue weighted by Crippen LogP contribution is -2.44. The van der Waals surface area contributed by atoms with Gasteiger partial charge in [-0.05, 0) is 37.4 Å². The third-order valence-electron chi connectivity index (χ3n) is 5.47. The number of terminal acetylenes is 1. The van der Waals surface area contributed by atoms with Gasteiger partial charge in [-0.3, -0.25) is 4.57 Å². The zero-order chi connectivity index (χ0) is 21.2. The minimum absolute atomic E-state index is 0.470. The zero-order valence-corrected chi connectivity index (χ0v) is 17.2. The summed E-state index contributed by atoms with van der Waals surface area (Å²) in [6.07, 6.45) is 12.6. The zero-order valence-electron chi connectivity index (χ0n) is 17.2. The van der Waals surface area contributed by atoms with Crippen LogP contribution in [0, 0.1) is 12.3 Å². The van der Waals surface area contributed by atoms with Gasteiger partial charge in [-0.25, -0.2) is 15.0 Å². The van der Waals surface area contributed by atoms with Crippen LogP contribution in [0.25, 0.3) is 16.9 Å². The lowest BCUT2D eigenvalue weighted by atomic mass is 10.2. The molecule has 1 fully saturated rings. The maximum atomic E-state index is 5.70. The van der Waals surface area contributed by atoms with E-state index in [2.05, 4.69) is 60.2 Å². The van der Waals surface area contributed by atoms with Crippen LogP contribution in [0.2, 0.25) is 0 Å². The summed E-state index contributed by atoms with van der Waals surface area (Å²) in [5.74, 6) is 3.84. The predicted molar refractivity (Wildman–Crippen MR) is 122 cm³/mol. The second-order valence-corrected chi connectivity index (χ2v) is 7.54. The van der Waals surface area contributed by atoms with E-state index in [4.69, 9.17) is 6.42 Å². The SMILES string of the molecule is C#Cc1cc(-n2ccnc2)nc2nc(Nc3ccc(N4CCN(C)CC4)cc3)ncc12. The van der Waals surface area contributed by atoms with Crippen LogP contribution in [0.3, 0.4) is 0 Å². The van der Waals surface area contributed by atoms with Gasteiger partial charge >= 0.3 is 0 Å². The lowest BCUT2D eigenvalue weighted by Gasteiger charge is -2.34. The van der Waals surface area contributed by atoms with Crippen LogP contribution in [-0.4, -0.2) is 62.6 Å². The molecule has 0 aliphatic carbocycles. The van der Waals surface area contributed by atoms with E-state index in [0.29, 0.717) is 23.0 Å². The molecule has 5 rings (SSSR count). The molecule has 0 atom stereocenters. The summed E-state index contributed by atoms with van der Waals surface area (Å²) in [6.45, 7) is 4.25. The highest BCUT2D eigenvalue weighted by molar-refractivity contribution is 5.83. The first kappa shape index (κ1) is 19.0. The van der Waals surface area contributed by atoms with E-state index in [1.54, 1.807) is 23.3 Å².